The lowest BCUT2D eigenvalue weighted by molar-refractivity contribution is 0.477. The quantitative estimate of drug-likeness (QED) is 0.613. The van der Waals surface area contributed by atoms with Gasteiger partial charge in [0.1, 0.15) is 0 Å². The van der Waals surface area contributed by atoms with Crippen LogP contribution < -0.4 is 5.32 Å². The maximum atomic E-state index is 6.33. The van der Waals surface area contributed by atoms with Crippen molar-refractivity contribution in [3.05, 3.63) is 55.6 Å². The van der Waals surface area contributed by atoms with E-state index in [1.807, 2.05) is 17.4 Å². The van der Waals surface area contributed by atoms with Gasteiger partial charge in [-0.1, -0.05) is 46.6 Å². The average molecular weight is 387 g/mol. The Morgan fingerprint density at radius 1 is 1.33 bits per heavy atom. The molecule has 0 saturated carbocycles. The van der Waals surface area contributed by atoms with E-state index < -0.39 is 0 Å². The molecule has 2 rings (SSSR count). The number of hydrogen-bond donors (Lipinski definition) is 1. The molecule has 21 heavy (non-hydrogen) atoms. The summed E-state index contributed by atoms with van der Waals surface area (Å²) in [6, 6.07) is 11.0. The van der Waals surface area contributed by atoms with Gasteiger partial charge in [-0.05, 0) is 61.4 Å². The maximum Gasteiger partial charge on any atom is 0.0449 e. The molecular formula is C17H21BrClNS. The Kier molecular flexibility index (Phi) is 7.24. The standard InChI is InChI=1S/C17H21BrClNS/c1-2-20-15(5-3-6-16-7-4-10-21-16)11-13-8-9-14(18)12-17(13)19/h4,7-10,12,15,20H,2-3,5-6,11H2,1H3. The molecule has 1 nitrogen and oxygen atoms in total. The Hall–Kier alpha value is -0.350. The van der Waals surface area contributed by atoms with Gasteiger partial charge in [-0.25, -0.2) is 0 Å². The summed E-state index contributed by atoms with van der Waals surface area (Å²) in [6.45, 7) is 3.16. The van der Waals surface area contributed by atoms with Gasteiger partial charge >= 0.3 is 0 Å². The van der Waals surface area contributed by atoms with Crippen molar-refractivity contribution in [2.75, 3.05) is 6.54 Å². The molecule has 0 saturated heterocycles. The predicted molar refractivity (Wildman–Crippen MR) is 97.6 cm³/mol. The zero-order valence-electron chi connectivity index (χ0n) is 12.2. The number of rotatable bonds is 8. The zero-order chi connectivity index (χ0) is 15.1. The van der Waals surface area contributed by atoms with Gasteiger partial charge in [0.2, 0.25) is 0 Å². The van der Waals surface area contributed by atoms with Crippen LogP contribution in [0.15, 0.2) is 40.2 Å². The van der Waals surface area contributed by atoms with Crippen molar-refractivity contribution in [2.45, 2.75) is 38.6 Å². The largest absolute Gasteiger partial charge is 0.314 e. The summed E-state index contributed by atoms with van der Waals surface area (Å²) in [7, 11) is 0. The van der Waals surface area contributed by atoms with Crippen molar-refractivity contribution in [1.29, 1.82) is 0 Å². The van der Waals surface area contributed by atoms with E-state index in [1.165, 1.54) is 29.7 Å². The molecule has 1 unspecified atom stereocenters. The molecule has 1 atom stereocenters. The normalized spacial score (nSPS) is 12.5. The summed E-state index contributed by atoms with van der Waals surface area (Å²) >= 11 is 11.6. The third kappa shape index (κ3) is 5.74. The fraction of sp³-hybridized carbons (Fsp3) is 0.412. The van der Waals surface area contributed by atoms with E-state index in [1.54, 1.807) is 0 Å². The van der Waals surface area contributed by atoms with Gasteiger partial charge in [-0.3, -0.25) is 0 Å². The Morgan fingerprint density at radius 2 is 2.19 bits per heavy atom. The number of benzene rings is 1. The van der Waals surface area contributed by atoms with Crippen LogP contribution in [0, 0.1) is 0 Å². The van der Waals surface area contributed by atoms with Crippen LogP contribution in [0.25, 0.3) is 0 Å². The highest BCUT2D eigenvalue weighted by molar-refractivity contribution is 9.10. The summed E-state index contributed by atoms with van der Waals surface area (Å²) in [5, 5.41) is 6.59. The monoisotopic (exact) mass is 385 g/mol. The van der Waals surface area contributed by atoms with Crippen LogP contribution in [-0.2, 0) is 12.8 Å². The van der Waals surface area contributed by atoms with Crippen molar-refractivity contribution in [1.82, 2.24) is 5.32 Å². The topological polar surface area (TPSA) is 12.0 Å². The minimum Gasteiger partial charge on any atom is -0.314 e. The lowest BCUT2D eigenvalue weighted by atomic mass is 10.0. The van der Waals surface area contributed by atoms with E-state index in [9.17, 15) is 0 Å². The Labute approximate surface area is 144 Å². The zero-order valence-corrected chi connectivity index (χ0v) is 15.4. The fourth-order valence-electron chi connectivity index (χ4n) is 2.50. The van der Waals surface area contributed by atoms with Crippen LogP contribution in [-0.4, -0.2) is 12.6 Å². The van der Waals surface area contributed by atoms with Crippen LogP contribution in [0.3, 0.4) is 0 Å². The van der Waals surface area contributed by atoms with Gasteiger partial charge < -0.3 is 5.32 Å². The lowest BCUT2D eigenvalue weighted by Gasteiger charge is -2.18. The molecule has 1 aromatic carbocycles. The number of hydrogen-bond acceptors (Lipinski definition) is 2. The molecule has 4 heteroatoms. The maximum absolute atomic E-state index is 6.33. The second-order valence-electron chi connectivity index (χ2n) is 5.17. The Morgan fingerprint density at radius 3 is 2.86 bits per heavy atom. The molecule has 1 heterocycles. The molecule has 0 radical (unpaired) electrons. The van der Waals surface area contributed by atoms with Crippen molar-refractivity contribution >= 4 is 38.9 Å². The summed E-state index contributed by atoms with van der Waals surface area (Å²) in [5.41, 5.74) is 1.22. The van der Waals surface area contributed by atoms with E-state index in [-0.39, 0.29) is 0 Å². The van der Waals surface area contributed by atoms with E-state index in [2.05, 4.69) is 57.8 Å². The van der Waals surface area contributed by atoms with Gasteiger partial charge in [0.05, 0.1) is 0 Å². The first-order valence-electron chi connectivity index (χ1n) is 7.38. The predicted octanol–water partition coefficient (Wildman–Crippen LogP) is 5.71. The highest BCUT2D eigenvalue weighted by atomic mass is 79.9. The van der Waals surface area contributed by atoms with Gasteiger partial charge in [-0.2, -0.15) is 0 Å². The Bertz CT molecular complexity index is 542. The van der Waals surface area contributed by atoms with E-state index in [4.69, 9.17) is 11.6 Å². The first-order chi connectivity index (χ1) is 10.2. The number of thiophene rings is 1. The van der Waals surface area contributed by atoms with Crippen LogP contribution in [0.4, 0.5) is 0 Å². The molecule has 1 N–H and O–H groups in total. The molecule has 0 aliphatic rings. The molecule has 1 aromatic heterocycles. The van der Waals surface area contributed by atoms with Crippen molar-refractivity contribution in [2.24, 2.45) is 0 Å². The average Bonchev–Trinajstić information content (AvgIpc) is 2.95. The third-order valence-electron chi connectivity index (χ3n) is 3.53. The van der Waals surface area contributed by atoms with Gasteiger partial charge in [-0.15, -0.1) is 11.3 Å². The minimum atomic E-state index is 0.494. The summed E-state index contributed by atoms with van der Waals surface area (Å²) in [5.74, 6) is 0. The molecule has 114 valence electrons. The summed E-state index contributed by atoms with van der Waals surface area (Å²) in [4.78, 5) is 1.48. The molecule has 0 fully saturated rings. The van der Waals surface area contributed by atoms with E-state index >= 15 is 0 Å². The van der Waals surface area contributed by atoms with Crippen LogP contribution in [0.1, 0.15) is 30.2 Å². The molecule has 0 spiro atoms. The molecule has 0 amide bonds. The van der Waals surface area contributed by atoms with Crippen LogP contribution in [0.2, 0.25) is 5.02 Å². The van der Waals surface area contributed by atoms with Gasteiger partial charge in [0.15, 0.2) is 0 Å². The van der Waals surface area contributed by atoms with Crippen molar-refractivity contribution in [3.8, 4) is 0 Å². The lowest BCUT2D eigenvalue weighted by Crippen LogP contribution is -2.31. The van der Waals surface area contributed by atoms with E-state index in [0.29, 0.717) is 6.04 Å². The number of nitrogens with one attached hydrogen (secondary N) is 1. The third-order valence-corrected chi connectivity index (χ3v) is 5.31. The smallest absolute Gasteiger partial charge is 0.0449 e. The first-order valence-corrected chi connectivity index (χ1v) is 9.43. The first kappa shape index (κ1) is 17.0. The molecule has 2 aromatic rings. The van der Waals surface area contributed by atoms with E-state index in [0.717, 1.165) is 22.5 Å². The molecule has 0 aliphatic heterocycles. The second kappa shape index (κ2) is 8.94. The second-order valence-corrected chi connectivity index (χ2v) is 7.52. The summed E-state index contributed by atoms with van der Waals surface area (Å²) < 4.78 is 1.04. The highest BCUT2D eigenvalue weighted by Gasteiger charge is 2.11. The van der Waals surface area contributed by atoms with Crippen LogP contribution >= 0.6 is 38.9 Å². The molecule has 0 aliphatic carbocycles. The SMILES string of the molecule is CCNC(CCCc1cccs1)Cc1ccc(Br)cc1Cl. The van der Waals surface area contributed by atoms with Crippen molar-refractivity contribution in [3.63, 3.8) is 0 Å². The molecular weight excluding hydrogens is 366 g/mol. The summed E-state index contributed by atoms with van der Waals surface area (Å²) in [6.07, 6.45) is 4.56. The number of halogens is 2. The Balaban J connectivity index is 1.88. The highest BCUT2D eigenvalue weighted by Crippen LogP contribution is 2.23. The number of likely N-dealkylation sites (N-methyl/N-ethyl adjacent to an activating group) is 1. The fourth-order valence-corrected chi connectivity index (χ4v) is 4.00. The number of aryl methyl sites for hydroxylation is 1. The van der Waals surface area contributed by atoms with Crippen molar-refractivity contribution < 1.29 is 0 Å². The van der Waals surface area contributed by atoms with Crippen LogP contribution in [0.5, 0.6) is 0 Å². The van der Waals surface area contributed by atoms with Gasteiger partial charge in [0.25, 0.3) is 0 Å². The molecule has 0 bridgehead atoms. The minimum absolute atomic E-state index is 0.494. The van der Waals surface area contributed by atoms with Gasteiger partial charge in [0, 0.05) is 20.4 Å².